The number of fused-ring (bicyclic) bond motifs is 1. The highest BCUT2D eigenvalue weighted by Crippen LogP contribution is 2.43. The summed E-state index contributed by atoms with van der Waals surface area (Å²) < 4.78 is 1.06. The predicted octanol–water partition coefficient (Wildman–Crippen LogP) is 3.80. The molecule has 178 valence electrons. The van der Waals surface area contributed by atoms with Crippen molar-refractivity contribution in [2.75, 3.05) is 31.1 Å². The lowest BCUT2D eigenvalue weighted by atomic mass is 9.94. The van der Waals surface area contributed by atoms with E-state index in [1.807, 2.05) is 11.0 Å². The molecule has 0 saturated carbocycles. The van der Waals surface area contributed by atoms with E-state index in [9.17, 15) is 9.90 Å². The van der Waals surface area contributed by atoms with Gasteiger partial charge in [-0.3, -0.25) is 4.79 Å². The summed E-state index contributed by atoms with van der Waals surface area (Å²) in [5.41, 5.74) is 1.90. The van der Waals surface area contributed by atoms with Crippen LogP contribution in [0, 0.1) is 0 Å². The maximum absolute atomic E-state index is 13.8. The topological polar surface area (TPSA) is 81.6 Å². The number of halogens is 1. The second-order valence-corrected chi connectivity index (χ2v) is 12.7. The van der Waals surface area contributed by atoms with Crippen LogP contribution in [0.2, 0.25) is 0 Å². The van der Waals surface area contributed by atoms with Gasteiger partial charge in [-0.25, -0.2) is 9.97 Å². The highest BCUT2D eigenvalue weighted by molar-refractivity contribution is 9.11. The molecule has 1 aliphatic carbocycles. The first-order chi connectivity index (χ1) is 15.7. The van der Waals surface area contributed by atoms with Crippen molar-refractivity contribution < 1.29 is 9.90 Å². The Morgan fingerprint density at radius 1 is 1.27 bits per heavy atom. The molecule has 3 aliphatic rings. The van der Waals surface area contributed by atoms with Crippen LogP contribution < -0.4 is 10.2 Å². The molecule has 7 nitrogen and oxygen atoms in total. The number of amides is 1. The average molecular weight is 535 g/mol. The lowest BCUT2D eigenvalue weighted by Gasteiger charge is -2.38. The Morgan fingerprint density at radius 2 is 2.03 bits per heavy atom. The Labute approximate surface area is 207 Å². The lowest BCUT2D eigenvalue weighted by molar-refractivity contribution is -0.133. The number of thiophene rings is 1. The van der Waals surface area contributed by atoms with Crippen molar-refractivity contribution in [1.82, 2.24) is 20.2 Å². The number of nitrogens with one attached hydrogen (secondary N) is 1. The molecule has 2 N–H and O–H groups in total. The van der Waals surface area contributed by atoms with Crippen molar-refractivity contribution in [1.29, 1.82) is 0 Å². The van der Waals surface area contributed by atoms with Crippen molar-refractivity contribution in [2.24, 2.45) is 0 Å². The first-order valence-electron chi connectivity index (χ1n) is 11.8. The van der Waals surface area contributed by atoms with E-state index >= 15 is 0 Å². The summed E-state index contributed by atoms with van der Waals surface area (Å²) in [6, 6.07) is 4.30. The summed E-state index contributed by atoms with van der Waals surface area (Å²) in [5.74, 6) is 1.22. The lowest BCUT2D eigenvalue weighted by Crippen LogP contribution is -2.53. The van der Waals surface area contributed by atoms with Crippen molar-refractivity contribution in [3.8, 4) is 0 Å². The zero-order chi connectivity index (χ0) is 23.3. The molecule has 4 atom stereocenters. The number of anilines is 1. The standard InChI is InChI=1S/C24H32BrN5O2S/c1-14-12-16(31)21-19(14)22(27-13-26-21)29-8-10-30(11-9-29)23(32)20(17-4-5-18(25)33-17)15-6-7-24(2,3)28-15/h4-5,13-16,20,28,31H,6-12H2,1-3H3/t14-,15?,16-,20?/m1/s1. The zero-order valence-corrected chi connectivity index (χ0v) is 21.8. The molecule has 0 spiro atoms. The van der Waals surface area contributed by atoms with E-state index in [1.54, 1.807) is 17.7 Å². The van der Waals surface area contributed by atoms with E-state index in [-0.39, 0.29) is 29.3 Å². The summed E-state index contributed by atoms with van der Waals surface area (Å²) in [6.07, 6.45) is 3.83. The van der Waals surface area contributed by atoms with Gasteiger partial charge in [0.2, 0.25) is 5.91 Å². The number of hydrogen-bond donors (Lipinski definition) is 2. The SMILES string of the molecule is C[C@@H]1C[C@@H](O)c2ncnc(N3CCN(C(=O)C(c4ccc(Br)s4)C4CCC(C)(C)N4)CC3)c21. The Balaban J connectivity index is 1.33. The van der Waals surface area contributed by atoms with Gasteiger partial charge in [-0.1, -0.05) is 6.92 Å². The summed E-state index contributed by atoms with van der Waals surface area (Å²) in [6.45, 7) is 9.39. The second-order valence-electron chi connectivity index (χ2n) is 10.3. The first kappa shape index (κ1) is 23.2. The molecule has 9 heteroatoms. The van der Waals surface area contributed by atoms with E-state index in [2.05, 4.69) is 63.0 Å². The molecule has 2 aliphatic heterocycles. The van der Waals surface area contributed by atoms with Crippen LogP contribution in [0.4, 0.5) is 5.82 Å². The molecule has 33 heavy (non-hydrogen) atoms. The highest BCUT2D eigenvalue weighted by Gasteiger charge is 2.42. The highest BCUT2D eigenvalue weighted by atomic mass is 79.9. The van der Waals surface area contributed by atoms with Crippen LogP contribution in [-0.2, 0) is 4.79 Å². The molecule has 2 saturated heterocycles. The molecular formula is C24H32BrN5O2S. The molecule has 0 bridgehead atoms. The number of aromatic nitrogens is 2. The first-order valence-corrected chi connectivity index (χ1v) is 13.4. The van der Waals surface area contributed by atoms with Crippen LogP contribution >= 0.6 is 27.3 Å². The van der Waals surface area contributed by atoms with E-state index in [4.69, 9.17) is 0 Å². The number of aliphatic hydroxyl groups is 1. The monoisotopic (exact) mass is 533 g/mol. The van der Waals surface area contributed by atoms with E-state index < -0.39 is 6.10 Å². The van der Waals surface area contributed by atoms with Gasteiger partial charge in [0, 0.05) is 48.2 Å². The number of carbonyl (C=O) groups is 1. The van der Waals surface area contributed by atoms with E-state index in [0.29, 0.717) is 19.5 Å². The van der Waals surface area contributed by atoms with Gasteiger partial charge in [0.15, 0.2) is 0 Å². The molecule has 2 aromatic rings. The molecule has 1 amide bonds. The Morgan fingerprint density at radius 3 is 2.67 bits per heavy atom. The van der Waals surface area contributed by atoms with Crippen LogP contribution in [0.3, 0.4) is 0 Å². The fraction of sp³-hybridized carbons (Fsp3) is 0.625. The third-order valence-corrected chi connectivity index (χ3v) is 9.10. The average Bonchev–Trinajstić information content (AvgIpc) is 3.46. The normalized spacial score (nSPS) is 27.6. The van der Waals surface area contributed by atoms with Gasteiger partial charge in [0.1, 0.15) is 12.1 Å². The van der Waals surface area contributed by atoms with Gasteiger partial charge in [-0.05, 0) is 67.1 Å². The smallest absolute Gasteiger partial charge is 0.232 e. The van der Waals surface area contributed by atoms with Gasteiger partial charge in [-0.2, -0.15) is 0 Å². The molecule has 2 aromatic heterocycles. The van der Waals surface area contributed by atoms with Gasteiger partial charge >= 0.3 is 0 Å². The third-order valence-electron chi connectivity index (χ3n) is 7.40. The van der Waals surface area contributed by atoms with Gasteiger partial charge in [-0.15, -0.1) is 11.3 Å². The van der Waals surface area contributed by atoms with Gasteiger partial charge in [0.25, 0.3) is 0 Å². The molecule has 5 rings (SSSR count). The quantitative estimate of drug-likeness (QED) is 0.621. The third kappa shape index (κ3) is 4.45. The van der Waals surface area contributed by atoms with E-state index in [1.165, 1.54) is 0 Å². The molecule has 0 aromatic carbocycles. The van der Waals surface area contributed by atoms with Crippen LogP contribution in [0.1, 0.15) is 74.1 Å². The molecule has 0 radical (unpaired) electrons. The van der Waals surface area contributed by atoms with Crippen LogP contribution in [0.25, 0.3) is 0 Å². The molecule has 4 heterocycles. The number of hydrogen-bond acceptors (Lipinski definition) is 7. The van der Waals surface area contributed by atoms with Crippen molar-refractivity contribution in [3.63, 3.8) is 0 Å². The molecule has 2 unspecified atom stereocenters. The van der Waals surface area contributed by atoms with Crippen LogP contribution in [0.15, 0.2) is 22.2 Å². The van der Waals surface area contributed by atoms with Crippen LogP contribution in [-0.4, -0.2) is 63.6 Å². The summed E-state index contributed by atoms with van der Waals surface area (Å²) >= 11 is 5.25. The van der Waals surface area contributed by atoms with Crippen LogP contribution in [0.5, 0.6) is 0 Å². The Bertz CT molecular complexity index is 1040. The summed E-state index contributed by atoms with van der Waals surface area (Å²) in [4.78, 5) is 28.2. The minimum atomic E-state index is -0.506. The number of nitrogens with zero attached hydrogens (tertiary/aromatic N) is 4. The fourth-order valence-corrected chi connectivity index (χ4v) is 7.27. The number of piperazine rings is 1. The van der Waals surface area contributed by atoms with E-state index in [0.717, 1.165) is 51.7 Å². The molecular weight excluding hydrogens is 502 g/mol. The number of carbonyl (C=O) groups excluding carboxylic acids is 1. The maximum Gasteiger partial charge on any atom is 0.232 e. The zero-order valence-electron chi connectivity index (χ0n) is 19.4. The summed E-state index contributed by atoms with van der Waals surface area (Å²) in [5, 5.41) is 14.1. The Kier molecular flexibility index (Phi) is 6.26. The minimum Gasteiger partial charge on any atom is -0.387 e. The largest absolute Gasteiger partial charge is 0.387 e. The second kappa shape index (κ2) is 8.91. The predicted molar refractivity (Wildman–Crippen MR) is 134 cm³/mol. The molecule has 2 fully saturated rings. The minimum absolute atomic E-state index is 0.0606. The maximum atomic E-state index is 13.8. The van der Waals surface area contributed by atoms with Gasteiger partial charge < -0.3 is 20.2 Å². The number of rotatable bonds is 4. The summed E-state index contributed by atoms with van der Waals surface area (Å²) in [7, 11) is 0. The Hall–Kier alpha value is -1.55. The van der Waals surface area contributed by atoms with Gasteiger partial charge in [0.05, 0.1) is 21.5 Å². The van der Waals surface area contributed by atoms with Crippen molar-refractivity contribution in [2.45, 2.75) is 69.6 Å². The number of aliphatic hydroxyl groups excluding tert-OH is 1. The van der Waals surface area contributed by atoms with Crippen molar-refractivity contribution in [3.05, 3.63) is 38.4 Å². The van der Waals surface area contributed by atoms with Crippen molar-refractivity contribution >= 4 is 39.0 Å². The fourth-order valence-electron chi connectivity index (χ4n) is 5.69.